The molecule has 4 nitrogen and oxygen atoms in total. The molecule has 0 saturated heterocycles. The minimum Gasteiger partial charge on any atom is -0.357 e. The minimum absolute atomic E-state index is 0.710. The van der Waals surface area contributed by atoms with Gasteiger partial charge in [-0.3, -0.25) is 0 Å². The van der Waals surface area contributed by atoms with Crippen molar-refractivity contribution < 1.29 is 0 Å². The minimum atomic E-state index is 0.710. The van der Waals surface area contributed by atoms with Crippen LogP contribution in [0.5, 0.6) is 0 Å². The molecule has 0 bridgehead atoms. The molecule has 104 valence electrons. The van der Waals surface area contributed by atoms with E-state index in [9.17, 15) is 0 Å². The van der Waals surface area contributed by atoms with Crippen molar-refractivity contribution in [3.05, 3.63) is 10.9 Å². The number of hydrogen-bond acceptors (Lipinski definition) is 5. The van der Waals surface area contributed by atoms with Crippen molar-refractivity contribution in [2.75, 3.05) is 30.4 Å². The molecule has 0 fully saturated rings. The maximum Gasteiger partial charge on any atom is 0.225 e. The summed E-state index contributed by atoms with van der Waals surface area (Å²) in [4.78, 5) is 14.0. The average Bonchev–Trinajstić information content (AvgIpc) is 2.86. The SMILES string of the molecule is CCCN(CC)c1nc(NC)nc2sc(CC)cc12. The zero-order valence-electron chi connectivity index (χ0n) is 12.2. The van der Waals surface area contributed by atoms with Crippen LogP contribution in [0.4, 0.5) is 11.8 Å². The van der Waals surface area contributed by atoms with E-state index in [1.54, 1.807) is 11.3 Å². The number of aryl methyl sites for hydroxylation is 1. The van der Waals surface area contributed by atoms with Gasteiger partial charge in [0.25, 0.3) is 0 Å². The fourth-order valence-corrected chi connectivity index (χ4v) is 3.13. The quantitative estimate of drug-likeness (QED) is 0.877. The van der Waals surface area contributed by atoms with E-state index in [4.69, 9.17) is 0 Å². The number of nitrogens with one attached hydrogen (secondary N) is 1. The molecule has 0 aliphatic heterocycles. The number of rotatable bonds is 6. The Bertz CT molecular complexity index is 550. The third-order valence-electron chi connectivity index (χ3n) is 3.17. The molecule has 0 spiro atoms. The predicted octanol–water partition coefficient (Wildman–Crippen LogP) is 3.53. The van der Waals surface area contributed by atoms with Crippen LogP contribution in [-0.2, 0) is 6.42 Å². The molecule has 2 aromatic heterocycles. The monoisotopic (exact) mass is 278 g/mol. The normalized spacial score (nSPS) is 10.9. The fourth-order valence-electron chi connectivity index (χ4n) is 2.17. The molecule has 2 aromatic rings. The summed E-state index contributed by atoms with van der Waals surface area (Å²) in [7, 11) is 1.87. The van der Waals surface area contributed by atoms with Gasteiger partial charge in [0, 0.05) is 25.0 Å². The van der Waals surface area contributed by atoms with Crippen LogP contribution in [0.2, 0.25) is 0 Å². The molecule has 0 amide bonds. The lowest BCUT2D eigenvalue weighted by Crippen LogP contribution is -2.25. The Kier molecular flexibility index (Phi) is 4.58. The van der Waals surface area contributed by atoms with Crippen LogP contribution >= 0.6 is 11.3 Å². The highest BCUT2D eigenvalue weighted by atomic mass is 32.1. The van der Waals surface area contributed by atoms with Crippen molar-refractivity contribution >= 4 is 33.3 Å². The van der Waals surface area contributed by atoms with Gasteiger partial charge in [0.15, 0.2) is 0 Å². The first kappa shape index (κ1) is 14.1. The summed E-state index contributed by atoms with van der Waals surface area (Å²) in [5.74, 6) is 1.77. The Morgan fingerprint density at radius 3 is 2.63 bits per heavy atom. The van der Waals surface area contributed by atoms with E-state index < -0.39 is 0 Å². The molecule has 19 heavy (non-hydrogen) atoms. The first-order valence-electron chi connectivity index (χ1n) is 6.96. The van der Waals surface area contributed by atoms with Gasteiger partial charge in [-0.15, -0.1) is 11.3 Å². The zero-order chi connectivity index (χ0) is 13.8. The van der Waals surface area contributed by atoms with Crippen molar-refractivity contribution in [2.45, 2.75) is 33.6 Å². The summed E-state index contributed by atoms with van der Waals surface area (Å²) in [5.41, 5.74) is 0. The molecule has 0 radical (unpaired) electrons. The fraction of sp³-hybridized carbons (Fsp3) is 0.571. The van der Waals surface area contributed by atoms with Crippen molar-refractivity contribution in [1.29, 1.82) is 0 Å². The number of anilines is 2. The highest BCUT2D eigenvalue weighted by Gasteiger charge is 2.15. The third-order valence-corrected chi connectivity index (χ3v) is 4.34. The van der Waals surface area contributed by atoms with E-state index in [0.29, 0.717) is 5.95 Å². The summed E-state index contributed by atoms with van der Waals surface area (Å²) in [6.45, 7) is 8.56. The van der Waals surface area contributed by atoms with Crippen LogP contribution in [0.15, 0.2) is 6.07 Å². The van der Waals surface area contributed by atoms with Crippen LogP contribution in [-0.4, -0.2) is 30.1 Å². The number of nitrogens with zero attached hydrogens (tertiary/aromatic N) is 3. The molecule has 0 aliphatic rings. The third kappa shape index (κ3) is 2.81. The van der Waals surface area contributed by atoms with E-state index in [-0.39, 0.29) is 0 Å². The van der Waals surface area contributed by atoms with E-state index >= 15 is 0 Å². The van der Waals surface area contributed by atoms with E-state index in [1.165, 1.54) is 10.3 Å². The lowest BCUT2D eigenvalue weighted by Gasteiger charge is -2.22. The second-order valence-corrected chi connectivity index (χ2v) is 5.60. The molecular formula is C14H22N4S. The van der Waals surface area contributed by atoms with E-state index in [2.05, 4.69) is 47.0 Å². The molecular weight excluding hydrogens is 256 g/mol. The van der Waals surface area contributed by atoms with Gasteiger partial charge in [-0.25, -0.2) is 4.98 Å². The van der Waals surface area contributed by atoms with Gasteiger partial charge in [-0.1, -0.05) is 13.8 Å². The second kappa shape index (κ2) is 6.19. The molecule has 1 N–H and O–H groups in total. The van der Waals surface area contributed by atoms with E-state index in [0.717, 1.165) is 36.6 Å². The maximum atomic E-state index is 4.67. The van der Waals surface area contributed by atoms with Gasteiger partial charge in [0.2, 0.25) is 5.95 Å². The molecule has 0 aliphatic carbocycles. The molecule has 2 rings (SSSR count). The first-order valence-corrected chi connectivity index (χ1v) is 7.78. The first-order chi connectivity index (χ1) is 9.23. The number of hydrogen-bond donors (Lipinski definition) is 1. The number of thiophene rings is 1. The molecule has 5 heteroatoms. The Morgan fingerprint density at radius 2 is 2.05 bits per heavy atom. The van der Waals surface area contributed by atoms with Crippen LogP contribution in [0.1, 0.15) is 32.1 Å². The molecule has 0 atom stereocenters. The standard InChI is InChI=1S/C14H22N4S/c1-5-8-18(7-3)12-11-9-10(6-2)19-13(11)17-14(15-4)16-12/h9H,5-8H2,1-4H3,(H,15,16,17). The zero-order valence-corrected chi connectivity index (χ0v) is 13.0. The van der Waals surface area contributed by atoms with Gasteiger partial charge in [0.1, 0.15) is 10.6 Å². The molecule has 0 unspecified atom stereocenters. The van der Waals surface area contributed by atoms with Gasteiger partial charge in [0.05, 0.1) is 5.39 Å². The summed E-state index contributed by atoms with van der Waals surface area (Å²) in [5, 5.41) is 4.26. The molecule has 0 saturated carbocycles. The largest absolute Gasteiger partial charge is 0.357 e. The van der Waals surface area contributed by atoms with Crippen LogP contribution < -0.4 is 10.2 Å². The van der Waals surface area contributed by atoms with Crippen LogP contribution in [0.3, 0.4) is 0 Å². The lowest BCUT2D eigenvalue weighted by molar-refractivity contribution is 0.781. The Balaban J connectivity index is 2.57. The van der Waals surface area contributed by atoms with E-state index in [1.807, 2.05) is 7.05 Å². The molecule has 0 aromatic carbocycles. The Hall–Kier alpha value is -1.36. The predicted molar refractivity (Wildman–Crippen MR) is 84.5 cm³/mol. The Morgan fingerprint density at radius 1 is 1.26 bits per heavy atom. The summed E-state index contributed by atoms with van der Waals surface area (Å²) >= 11 is 1.77. The Labute approximate surface area is 118 Å². The second-order valence-electron chi connectivity index (χ2n) is 4.49. The summed E-state index contributed by atoms with van der Waals surface area (Å²) in [6.07, 6.45) is 2.17. The van der Waals surface area contributed by atoms with Crippen molar-refractivity contribution in [3.63, 3.8) is 0 Å². The number of aromatic nitrogens is 2. The maximum absolute atomic E-state index is 4.67. The summed E-state index contributed by atoms with van der Waals surface area (Å²) < 4.78 is 0. The smallest absolute Gasteiger partial charge is 0.225 e. The average molecular weight is 278 g/mol. The van der Waals surface area contributed by atoms with Crippen molar-refractivity contribution in [2.24, 2.45) is 0 Å². The van der Waals surface area contributed by atoms with Crippen molar-refractivity contribution in [3.8, 4) is 0 Å². The highest BCUT2D eigenvalue weighted by molar-refractivity contribution is 7.18. The van der Waals surface area contributed by atoms with Gasteiger partial charge in [-0.05, 0) is 25.8 Å². The van der Waals surface area contributed by atoms with Crippen LogP contribution in [0.25, 0.3) is 10.2 Å². The topological polar surface area (TPSA) is 41.1 Å². The van der Waals surface area contributed by atoms with Gasteiger partial charge < -0.3 is 10.2 Å². The van der Waals surface area contributed by atoms with Crippen LogP contribution in [0, 0.1) is 0 Å². The number of fused-ring (bicyclic) bond motifs is 1. The summed E-state index contributed by atoms with van der Waals surface area (Å²) in [6, 6.07) is 2.24. The van der Waals surface area contributed by atoms with Gasteiger partial charge >= 0.3 is 0 Å². The molecule has 2 heterocycles. The van der Waals surface area contributed by atoms with Gasteiger partial charge in [-0.2, -0.15) is 4.98 Å². The van der Waals surface area contributed by atoms with Crippen molar-refractivity contribution in [1.82, 2.24) is 9.97 Å². The lowest BCUT2D eigenvalue weighted by atomic mass is 10.3. The highest BCUT2D eigenvalue weighted by Crippen LogP contribution is 2.32.